The molecule has 0 N–H and O–H groups in total. The molecule has 4 rings (SSSR count). The molecule has 5 heteroatoms. The number of benzene rings is 1. The largest absolute Gasteiger partial charge is 0.494 e. The maximum Gasteiger partial charge on any atom is 0.229 e. The van der Waals surface area contributed by atoms with Crippen LogP contribution in [0.3, 0.4) is 0 Å². The maximum absolute atomic E-state index is 12.9. The maximum atomic E-state index is 12.9. The average molecular weight is 371 g/mol. The third-order valence-electron chi connectivity index (χ3n) is 5.24. The molecule has 138 valence electrons. The van der Waals surface area contributed by atoms with E-state index in [1.807, 2.05) is 36.6 Å². The van der Waals surface area contributed by atoms with Gasteiger partial charge < -0.3 is 9.64 Å². The normalized spacial score (nSPS) is 17.4. The molecule has 2 saturated carbocycles. The Kier molecular flexibility index (Phi) is 5.25. The van der Waals surface area contributed by atoms with Crippen molar-refractivity contribution < 1.29 is 9.53 Å². The molecule has 2 aliphatic rings. The van der Waals surface area contributed by atoms with Crippen molar-refractivity contribution in [3.63, 3.8) is 0 Å². The summed E-state index contributed by atoms with van der Waals surface area (Å²) in [5.41, 5.74) is 1.97. The second-order valence-electron chi connectivity index (χ2n) is 7.25. The molecule has 4 nitrogen and oxygen atoms in total. The summed E-state index contributed by atoms with van der Waals surface area (Å²) in [5.74, 6) is 1.14. The zero-order valence-electron chi connectivity index (χ0n) is 15.3. The number of rotatable bonds is 7. The monoisotopic (exact) mass is 370 g/mol. The number of nitrogens with zero attached hydrogens (tertiary/aromatic N) is 2. The van der Waals surface area contributed by atoms with E-state index in [0.29, 0.717) is 25.1 Å². The first-order valence-electron chi connectivity index (χ1n) is 9.73. The number of aromatic nitrogens is 1. The lowest BCUT2D eigenvalue weighted by Crippen LogP contribution is -2.41. The summed E-state index contributed by atoms with van der Waals surface area (Å²) in [6.45, 7) is 2.65. The first-order chi connectivity index (χ1) is 12.7. The molecular weight excluding hydrogens is 344 g/mol. The van der Waals surface area contributed by atoms with Gasteiger partial charge in [0, 0.05) is 23.0 Å². The van der Waals surface area contributed by atoms with Crippen LogP contribution >= 0.6 is 11.3 Å². The smallest absolute Gasteiger partial charge is 0.229 e. The van der Waals surface area contributed by atoms with Gasteiger partial charge in [0.25, 0.3) is 0 Å². The first kappa shape index (κ1) is 17.5. The van der Waals surface area contributed by atoms with E-state index in [2.05, 4.69) is 4.90 Å². The van der Waals surface area contributed by atoms with Crippen LogP contribution in [0.2, 0.25) is 0 Å². The molecule has 0 unspecified atom stereocenters. The number of ether oxygens (including phenoxy) is 1. The van der Waals surface area contributed by atoms with E-state index >= 15 is 0 Å². The molecule has 1 heterocycles. The molecule has 1 aromatic heterocycles. The summed E-state index contributed by atoms with van der Waals surface area (Å²) in [6.07, 6.45) is 7.67. The molecule has 0 atom stereocenters. The molecule has 0 bridgehead atoms. The predicted molar refractivity (Wildman–Crippen MR) is 105 cm³/mol. The molecule has 2 aromatic rings. The number of amides is 1. The van der Waals surface area contributed by atoms with Gasteiger partial charge in [-0.25, -0.2) is 4.98 Å². The van der Waals surface area contributed by atoms with Crippen LogP contribution in [-0.4, -0.2) is 34.5 Å². The van der Waals surface area contributed by atoms with Crippen LogP contribution in [0.25, 0.3) is 10.6 Å². The summed E-state index contributed by atoms with van der Waals surface area (Å²) in [6, 6.07) is 8.98. The molecule has 0 saturated heterocycles. The highest BCUT2D eigenvalue weighted by Crippen LogP contribution is 2.35. The second kappa shape index (κ2) is 7.78. The summed E-state index contributed by atoms with van der Waals surface area (Å²) in [7, 11) is 0. The van der Waals surface area contributed by atoms with Crippen LogP contribution in [0.4, 0.5) is 0 Å². The second-order valence-corrected chi connectivity index (χ2v) is 8.11. The number of hydrogen-bond acceptors (Lipinski definition) is 4. The first-order valence-corrected chi connectivity index (χ1v) is 10.6. The van der Waals surface area contributed by atoms with Crippen LogP contribution in [0.15, 0.2) is 29.6 Å². The van der Waals surface area contributed by atoms with Gasteiger partial charge in [-0.15, -0.1) is 11.3 Å². The van der Waals surface area contributed by atoms with Crippen LogP contribution in [0, 0.1) is 0 Å². The number of carbonyl (C=O) groups excluding carboxylic acids is 1. The Balaban J connectivity index is 1.43. The molecular formula is C21H26N2O2S. The number of carbonyl (C=O) groups is 1. The fourth-order valence-corrected chi connectivity index (χ4v) is 4.69. The van der Waals surface area contributed by atoms with Gasteiger partial charge in [-0.1, -0.05) is 12.8 Å². The summed E-state index contributed by atoms with van der Waals surface area (Å²) in [5, 5.41) is 3.00. The Bertz CT molecular complexity index is 746. The molecule has 0 spiro atoms. The molecule has 2 fully saturated rings. The van der Waals surface area contributed by atoms with Crippen molar-refractivity contribution in [2.24, 2.45) is 0 Å². The SMILES string of the molecule is CCOc1ccc(-c2nc(CC(=O)N(C3CCCC3)C3CC3)cs2)cc1. The standard InChI is InChI=1S/C21H26N2O2S/c1-2-25-19-11-7-15(8-12-19)21-22-16(14-26-21)13-20(24)23(18-9-10-18)17-5-3-4-6-17/h7-8,11-12,14,17-18H,2-6,9-10,13H2,1H3. The Morgan fingerprint density at radius 3 is 2.50 bits per heavy atom. The van der Waals surface area contributed by atoms with Gasteiger partial charge in [-0.05, 0) is 56.9 Å². The lowest BCUT2D eigenvalue weighted by atomic mass is 10.1. The fraction of sp³-hybridized carbons (Fsp3) is 0.524. The molecule has 26 heavy (non-hydrogen) atoms. The van der Waals surface area contributed by atoms with Gasteiger partial charge in [0.1, 0.15) is 10.8 Å². The van der Waals surface area contributed by atoms with Crippen LogP contribution < -0.4 is 4.74 Å². The Morgan fingerprint density at radius 2 is 1.85 bits per heavy atom. The van der Waals surface area contributed by atoms with E-state index in [9.17, 15) is 4.79 Å². The van der Waals surface area contributed by atoms with E-state index in [4.69, 9.17) is 9.72 Å². The zero-order valence-corrected chi connectivity index (χ0v) is 16.1. The Labute approximate surface area is 159 Å². The quantitative estimate of drug-likeness (QED) is 0.710. The molecule has 2 aliphatic carbocycles. The zero-order chi connectivity index (χ0) is 17.9. The molecule has 1 amide bonds. The van der Waals surface area contributed by atoms with E-state index in [1.165, 1.54) is 38.5 Å². The highest BCUT2D eigenvalue weighted by Gasteiger charge is 2.38. The van der Waals surface area contributed by atoms with E-state index < -0.39 is 0 Å². The van der Waals surface area contributed by atoms with Gasteiger partial charge in [-0.3, -0.25) is 4.79 Å². The minimum absolute atomic E-state index is 0.267. The summed E-state index contributed by atoms with van der Waals surface area (Å²) >= 11 is 1.61. The average Bonchev–Trinajstić information content (AvgIpc) is 3.12. The summed E-state index contributed by atoms with van der Waals surface area (Å²) < 4.78 is 5.49. The van der Waals surface area contributed by atoms with E-state index in [1.54, 1.807) is 11.3 Å². The minimum atomic E-state index is 0.267. The lowest BCUT2D eigenvalue weighted by molar-refractivity contribution is -0.133. The van der Waals surface area contributed by atoms with E-state index in [0.717, 1.165) is 22.0 Å². The number of hydrogen-bond donors (Lipinski definition) is 0. The van der Waals surface area contributed by atoms with Crippen molar-refractivity contribution in [2.75, 3.05) is 6.61 Å². The highest BCUT2D eigenvalue weighted by atomic mass is 32.1. The Morgan fingerprint density at radius 1 is 1.15 bits per heavy atom. The molecule has 0 aliphatic heterocycles. The third-order valence-corrected chi connectivity index (χ3v) is 6.18. The van der Waals surface area contributed by atoms with Crippen molar-refractivity contribution in [3.05, 3.63) is 35.3 Å². The van der Waals surface area contributed by atoms with Crippen molar-refractivity contribution >= 4 is 17.2 Å². The molecule has 0 radical (unpaired) electrons. The van der Waals surface area contributed by atoms with E-state index in [-0.39, 0.29) is 5.91 Å². The van der Waals surface area contributed by atoms with Crippen molar-refractivity contribution in [1.82, 2.24) is 9.88 Å². The molecule has 1 aromatic carbocycles. The number of thiazole rings is 1. The van der Waals surface area contributed by atoms with Gasteiger partial charge in [0.05, 0.1) is 18.7 Å². The Hall–Kier alpha value is -1.88. The van der Waals surface area contributed by atoms with Crippen molar-refractivity contribution in [2.45, 2.75) is 64.0 Å². The van der Waals surface area contributed by atoms with Gasteiger partial charge >= 0.3 is 0 Å². The topological polar surface area (TPSA) is 42.4 Å². The van der Waals surface area contributed by atoms with Gasteiger partial charge in [0.15, 0.2) is 0 Å². The van der Waals surface area contributed by atoms with Crippen LogP contribution in [-0.2, 0) is 11.2 Å². The van der Waals surface area contributed by atoms with Crippen molar-refractivity contribution in [3.8, 4) is 16.3 Å². The third kappa shape index (κ3) is 3.93. The van der Waals surface area contributed by atoms with Crippen LogP contribution in [0.5, 0.6) is 5.75 Å². The van der Waals surface area contributed by atoms with Gasteiger partial charge in [0.2, 0.25) is 5.91 Å². The minimum Gasteiger partial charge on any atom is -0.494 e. The van der Waals surface area contributed by atoms with Crippen LogP contribution in [0.1, 0.15) is 51.1 Å². The van der Waals surface area contributed by atoms with Gasteiger partial charge in [-0.2, -0.15) is 0 Å². The van der Waals surface area contributed by atoms with Crippen molar-refractivity contribution in [1.29, 1.82) is 0 Å². The summed E-state index contributed by atoms with van der Waals surface area (Å²) in [4.78, 5) is 19.8. The highest BCUT2D eigenvalue weighted by molar-refractivity contribution is 7.13. The predicted octanol–water partition coefficient (Wildman–Crippen LogP) is 4.68. The lowest BCUT2D eigenvalue weighted by Gasteiger charge is -2.29. The fourth-order valence-electron chi connectivity index (χ4n) is 3.87.